The number of hydrogen-bond acceptors (Lipinski definition) is 7. The summed E-state index contributed by atoms with van der Waals surface area (Å²) >= 11 is 0. The molecule has 0 aromatic carbocycles. The lowest BCUT2D eigenvalue weighted by atomic mass is 9.95. The van der Waals surface area contributed by atoms with E-state index in [1.54, 1.807) is 0 Å². The highest BCUT2D eigenvalue weighted by Gasteiger charge is 2.36. The predicted octanol–water partition coefficient (Wildman–Crippen LogP) is 1.84. The van der Waals surface area contributed by atoms with Crippen LogP contribution in [0.15, 0.2) is 22.9 Å². The third-order valence-electron chi connectivity index (χ3n) is 5.41. The van der Waals surface area contributed by atoms with Crippen LogP contribution in [0, 0.1) is 5.92 Å². The smallest absolute Gasteiger partial charge is 0.230 e. The molecule has 6 rings (SSSR count). The molecule has 126 valence electrons. The van der Waals surface area contributed by atoms with Crippen molar-refractivity contribution in [3.05, 3.63) is 30.2 Å². The van der Waals surface area contributed by atoms with Crippen LogP contribution in [0.4, 0.5) is 5.95 Å². The van der Waals surface area contributed by atoms with E-state index in [-0.39, 0.29) is 0 Å². The summed E-state index contributed by atoms with van der Waals surface area (Å²) in [6.07, 6.45) is 8.54. The van der Waals surface area contributed by atoms with Crippen molar-refractivity contribution in [2.75, 3.05) is 24.5 Å². The lowest BCUT2D eigenvalue weighted by Crippen LogP contribution is -2.43. The molecule has 0 N–H and O–H groups in total. The minimum atomic E-state index is 0.504. The number of rotatable bonds is 4. The summed E-state index contributed by atoms with van der Waals surface area (Å²) in [4.78, 5) is 13.7. The maximum Gasteiger partial charge on any atom is 0.230 e. The summed E-state index contributed by atoms with van der Waals surface area (Å²) in [6.45, 7) is 3.87. The maximum atomic E-state index is 5.87. The quantitative estimate of drug-likeness (QED) is 0.849. The first kappa shape index (κ1) is 14.3. The summed E-state index contributed by atoms with van der Waals surface area (Å²) in [7, 11) is 0. The van der Waals surface area contributed by atoms with Gasteiger partial charge in [-0.25, -0.2) is 9.97 Å². The number of piperidine rings is 1. The molecule has 1 aliphatic carbocycles. The molecule has 0 spiro atoms. The minimum absolute atomic E-state index is 0.504. The van der Waals surface area contributed by atoms with Crippen LogP contribution in [-0.2, 0) is 6.54 Å². The Balaban J connectivity index is 1.31. The first-order valence-corrected chi connectivity index (χ1v) is 8.93. The van der Waals surface area contributed by atoms with Crippen LogP contribution in [-0.4, -0.2) is 50.7 Å². The van der Waals surface area contributed by atoms with E-state index >= 15 is 0 Å². The molecule has 7 heteroatoms. The molecule has 2 atom stereocenters. The molecule has 7 nitrogen and oxygen atoms in total. The van der Waals surface area contributed by atoms with Crippen molar-refractivity contribution < 1.29 is 4.42 Å². The van der Waals surface area contributed by atoms with Crippen LogP contribution in [0.3, 0.4) is 0 Å². The molecule has 0 amide bonds. The molecule has 24 heavy (non-hydrogen) atoms. The Morgan fingerprint density at radius 2 is 1.88 bits per heavy atom. The SMILES string of the molecule is c1cnc(N2C[C@@H]3CC[C@H](C2)N(Cc2nnc(C4CC4)o2)C3)nc1. The molecule has 5 heterocycles. The van der Waals surface area contributed by atoms with E-state index in [4.69, 9.17) is 4.42 Å². The van der Waals surface area contributed by atoms with Gasteiger partial charge < -0.3 is 9.32 Å². The van der Waals surface area contributed by atoms with Gasteiger partial charge in [0.15, 0.2) is 0 Å². The van der Waals surface area contributed by atoms with Crippen molar-refractivity contribution in [1.82, 2.24) is 25.1 Å². The van der Waals surface area contributed by atoms with Crippen LogP contribution in [0.1, 0.15) is 43.4 Å². The number of hydrogen-bond donors (Lipinski definition) is 0. The standard InChI is InChI=1S/C17H22N6O/c1-6-18-17(19-7-1)23-9-12-2-5-14(10-23)22(8-12)11-15-20-21-16(24-15)13-3-4-13/h1,6-7,12-14H,2-5,8-11H2/t12-,14-/m1/s1. The van der Waals surface area contributed by atoms with E-state index in [0.717, 1.165) is 43.9 Å². The van der Waals surface area contributed by atoms with Crippen molar-refractivity contribution in [2.45, 2.75) is 44.2 Å². The Hall–Kier alpha value is -2.02. The minimum Gasteiger partial charge on any atom is -0.424 e. The Morgan fingerprint density at radius 3 is 2.71 bits per heavy atom. The number of anilines is 1. The average Bonchev–Trinajstić information content (AvgIpc) is 3.42. The normalized spacial score (nSPS) is 27.4. The summed E-state index contributed by atoms with van der Waals surface area (Å²) in [6, 6.07) is 2.37. The fourth-order valence-electron chi connectivity index (χ4n) is 3.99. The van der Waals surface area contributed by atoms with Crippen LogP contribution < -0.4 is 4.90 Å². The number of nitrogens with zero attached hydrogens (tertiary/aromatic N) is 6. The third-order valence-corrected chi connectivity index (χ3v) is 5.41. The second-order valence-corrected chi connectivity index (χ2v) is 7.29. The zero-order valence-corrected chi connectivity index (χ0v) is 13.7. The van der Waals surface area contributed by atoms with Gasteiger partial charge >= 0.3 is 0 Å². The predicted molar refractivity (Wildman–Crippen MR) is 87.4 cm³/mol. The Morgan fingerprint density at radius 1 is 1.00 bits per heavy atom. The lowest BCUT2D eigenvalue weighted by molar-refractivity contribution is 0.115. The van der Waals surface area contributed by atoms with Gasteiger partial charge in [-0.15, -0.1) is 10.2 Å². The van der Waals surface area contributed by atoms with Crippen LogP contribution >= 0.6 is 0 Å². The molecule has 4 fully saturated rings. The summed E-state index contributed by atoms with van der Waals surface area (Å²) in [5.74, 6) is 3.64. The Bertz CT molecular complexity index is 700. The molecular formula is C17H22N6O. The van der Waals surface area contributed by atoms with Crippen molar-refractivity contribution in [1.29, 1.82) is 0 Å². The second kappa shape index (κ2) is 5.81. The topological polar surface area (TPSA) is 71.2 Å². The highest BCUT2D eigenvalue weighted by Crippen LogP contribution is 2.39. The van der Waals surface area contributed by atoms with E-state index in [2.05, 4.69) is 30.0 Å². The summed E-state index contributed by atoms with van der Waals surface area (Å²) < 4.78 is 5.87. The lowest BCUT2D eigenvalue weighted by Gasteiger charge is -2.34. The fourth-order valence-corrected chi connectivity index (χ4v) is 3.99. The first-order valence-electron chi connectivity index (χ1n) is 8.93. The van der Waals surface area contributed by atoms with Gasteiger partial charge in [0, 0.05) is 44.0 Å². The van der Waals surface area contributed by atoms with Gasteiger partial charge in [-0.3, -0.25) is 4.90 Å². The second-order valence-electron chi connectivity index (χ2n) is 7.29. The summed E-state index contributed by atoms with van der Waals surface area (Å²) in [5.41, 5.74) is 0. The van der Waals surface area contributed by atoms with Crippen LogP contribution in [0.5, 0.6) is 0 Å². The van der Waals surface area contributed by atoms with Gasteiger partial charge in [0.05, 0.1) is 6.54 Å². The molecule has 2 bridgehead atoms. The van der Waals surface area contributed by atoms with Gasteiger partial charge in [-0.2, -0.15) is 0 Å². The monoisotopic (exact) mass is 326 g/mol. The molecule has 3 aliphatic heterocycles. The van der Waals surface area contributed by atoms with E-state index in [9.17, 15) is 0 Å². The van der Waals surface area contributed by atoms with Crippen molar-refractivity contribution in [2.24, 2.45) is 5.92 Å². The zero-order chi connectivity index (χ0) is 15.9. The van der Waals surface area contributed by atoms with Crippen LogP contribution in [0.25, 0.3) is 0 Å². The highest BCUT2D eigenvalue weighted by molar-refractivity contribution is 5.30. The largest absolute Gasteiger partial charge is 0.424 e. The van der Waals surface area contributed by atoms with Gasteiger partial charge in [0.25, 0.3) is 0 Å². The average molecular weight is 326 g/mol. The van der Waals surface area contributed by atoms with E-state index in [1.807, 2.05) is 18.5 Å². The first-order chi connectivity index (χ1) is 11.8. The molecule has 4 aliphatic rings. The van der Waals surface area contributed by atoms with Gasteiger partial charge in [-0.1, -0.05) is 0 Å². The Kier molecular flexibility index (Phi) is 3.47. The summed E-state index contributed by atoms with van der Waals surface area (Å²) in [5, 5.41) is 8.48. The maximum absolute atomic E-state index is 5.87. The fraction of sp³-hybridized carbons (Fsp3) is 0.647. The molecule has 2 aromatic rings. The molecular weight excluding hydrogens is 304 g/mol. The van der Waals surface area contributed by atoms with Gasteiger partial charge in [0.1, 0.15) is 0 Å². The molecule has 1 saturated carbocycles. The van der Waals surface area contributed by atoms with Gasteiger partial charge in [0.2, 0.25) is 17.7 Å². The zero-order valence-electron chi connectivity index (χ0n) is 13.7. The Labute approximate surface area is 141 Å². The molecule has 3 saturated heterocycles. The molecule has 0 unspecified atom stereocenters. The number of aromatic nitrogens is 4. The third kappa shape index (κ3) is 2.77. The van der Waals surface area contributed by atoms with Crippen molar-refractivity contribution in [3.8, 4) is 0 Å². The van der Waals surface area contributed by atoms with Crippen LogP contribution in [0.2, 0.25) is 0 Å². The molecule has 2 aromatic heterocycles. The molecule has 0 radical (unpaired) electrons. The highest BCUT2D eigenvalue weighted by atomic mass is 16.4. The van der Waals surface area contributed by atoms with E-state index < -0.39 is 0 Å². The van der Waals surface area contributed by atoms with Crippen molar-refractivity contribution >= 4 is 5.95 Å². The van der Waals surface area contributed by atoms with Gasteiger partial charge in [-0.05, 0) is 37.7 Å². The van der Waals surface area contributed by atoms with E-state index in [0.29, 0.717) is 17.9 Å². The van der Waals surface area contributed by atoms with E-state index in [1.165, 1.54) is 25.7 Å². The number of fused-ring (bicyclic) bond motifs is 4. The van der Waals surface area contributed by atoms with Crippen molar-refractivity contribution in [3.63, 3.8) is 0 Å².